The summed E-state index contributed by atoms with van der Waals surface area (Å²) in [5.41, 5.74) is 3.05. The van der Waals surface area contributed by atoms with Crippen molar-refractivity contribution in [2.45, 2.75) is 6.42 Å². The van der Waals surface area contributed by atoms with Gasteiger partial charge in [0.15, 0.2) is 0 Å². The maximum Gasteiger partial charge on any atom is 0.121 e. The van der Waals surface area contributed by atoms with E-state index in [0.29, 0.717) is 0 Å². The number of nitrogens with zero attached hydrogens (tertiary/aromatic N) is 2. The second kappa shape index (κ2) is 3.45. The van der Waals surface area contributed by atoms with Crippen LogP contribution in [0.2, 0.25) is 0 Å². The number of benzene rings is 1. The average Bonchev–Trinajstić information content (AvgIpc) is 2.59. The third-order valence-electron chi connectivity index (χ3n) is 1.60. The van der Waals surface area contributed by atoms with Crippen LogP contribution in [0, 0.1) is 0 Å². The quantitative estimate of drug-likeness (QED) is 0.700. The van der Waals surface area contributed by atoms with E-state index < -0.39 is 0 Å². The topological polar surface area (TPSA) is 25.8 Å². The molecule has 0 aliphatic rings. The van der Waals surface area contributed by atoms with Crippen molar-refractivity contribution in [1.82, 2.24) is 10.2 Å². The number of aromatic nitrogens is 2. The maximum atomic E-state index is 3.98. The lowest BCUT2D eigenvalue weighted by atomic mass is 10.2. The molecule has 0 atom stereocenters. The molecular weight excluding hydrogens is 168 g/mol. The molecule has 2 aromatic rings. The van der Waals surface area contributed by atoms with Crippen molar-refractivity contribution in [3.8, 4) is 0 Å². The Morgan fingerprint density at radius 2 is 2.00 bits per heavy atom. The van der Waals surface area contributed by atoms with Gasteiger partial charge in [0.2, 0.25) is 0 Å². The van der Waals surface area contributed by atoms with Crippen LogP contribution in [0.5, 0.6) is 0 Å². The Morgan fingerprint density at radius 3 is 2.67 bits per heavy atom. The van der Waals surface area contributed by atoms with Gasteiger partial charge >= 0.3 is 0 Å². The van der Waals surface area contributed by atoms with E-state index in [-0.39, 0.29) is 0 Å². The summed E-state index contributed by atoms with van der Waals surface area (Å²) >= 11 is 1.60. The first-order chi connectivity index (χ1) is 5.95. The van der Waals surface area contributed by atoms with Crippen molar-refractivity contribution in [2.75, 3.05) is 0 Å². The molecule has 0 saturated heterocycles. The highest BCUT2D eigenvalue weighted by Gasteiger charge is 1.97. The van der Waals surface area contributed by atoms with E-state index in [4.69, 9.17) is 0 Å². The first-order valence-electron chi connectivity index (χ1n) is 3.74. The first-order valence-corrected chi connectivity index (χ1v) is 4.62. The highest BCUT2D eigenvalue weighted by atomic mass is 32.1. The zero-order valence-electron chi connectivity index (χ0n) is 6.47. The monoisotopic (exact) mass is 176 g/mol. The van der Waals surface area contributed by atoms with Gasteiger partial charge in [0.25, 0.3) is 0 Å². The zero-order valence-corrected chi connectivity index (χ0v) is 7.29. The molecule has 12 heavy (non-hydrogen) atoms. The number of rotatable bonds is 2. The van der Waals surface area contributed by atoms with Crippen LogP contribution in [0.3, 0.4) is 0 Å². The lowest BCUT2D eigenvalue weighted by Crippen LogP contribution is -1.85. The Balaban J connectivity index is 2.15. The van der Waals surface area contributed by atoms with Crippen molar-refractivity contribution < 1.29 is 0 Å². The lowest BCUT2D eigenvalue weighted by Gasteiger charge is -1.94. The smallest absolute Gasteiger partial charge is 0.121 e. The van der Waals surface area contributed by atoms with Gasteiger partial charge in [-0.3, -0.25) is 0 Å². The van der Waals surface area contributed by atoms with E-state index in [9.17, 15) is 0 Å². The highest BCUT2D eigenvalue weighted by Crippen LogP contribution is 2.09. The van der Waals surface area contributed by atoms with Gasteiger partial charge in [-0.15, -0.1) is 21.5 Å². The molecule has 0 fully saturated rings. The van der Waals surface area contributed by atoms with Crippen molar-refractivity contribution in [3.05, 3.63) is 46.4 Å². The maximum absolute atomic E-state index is 3.98. The van der Waals surface area contributed by atoms with Gasteiger partial charge in [-0.2, -0.15) is 0 Å². The van der Waals surface area contributed by atoms with Gasteiger partial charge in [-0.1, -0.05) is 30.3 Å². The molecule has 0 spiro atoms. The van der Waals surface area contributed by atoms with Crippen LogP contribution >= 0.6 is 11.3 Å². The van der Waals surface area contributed by atoms with Gasteiger partial charge in [-0.05, 0) is 5.56 Å². The van der Waals surface area contributed by atoms with Crippen LogP contribution in [0.4, 0.5) is 0 Å². The Hall–Kier alpha value is -1.22. The Kier molecular flexibility index (Phi) is 2.14. The van der Waals surface area contributed by atoms with Crippen molar-refractivity contribution in [3.63, 3.8) is 0 Å². The summed E-state index contributed by atoms with van der Waals surface area (Å²) in [5.74, 6) is 0. The van der Waals surface area contributed by atoms with Crippen LogP contribution in [-0.4, -0.2) is 10.2 Å². The third kappa shape index (κ3) is 1.68. The number of hydrogen-bond acceptors (Lipinski definition) is 3. The minimum Gasteiger partial charge on any atom is -0.147 e. The standard InChI is InChI=1S/C9H8N2S/c1-2-4-8(5-3-1)6-9-11-10-7-12-9/h1-5,7H,6H2. The minimum absolute atomic E-state index is 0.894. The van der Waals surface area contributed by atoms with Crippen molar-refractivity contribution in [1.29, 1.82) is 0 Å². The molecule has 2 rings (SSSR count). The lowest BCUT2D eigenvalue weighted by molar-refractivity contribution is 1.00. The number of hydrogen-bond donors (Lipinski definition) is 0. The Morgan fingerprint density at radius 1 is 1.17 bits per heavy atom. The van der Waals surface area contributed by atoms with E-state index in [1.54, 1.807) is 16.8 Å². The zero-order chi connectivity index (χ0) is 8.23. The summed E-state index contributed by atoms with van der Waals surface area (Å²) in [4.78, 5) is 0. The second-order valence-electron chi connectivity index (χ2n) is 2.49. The minimum atomic E-state index is 0.894. The van der Waals surface area contributed by atoms with Crippen LogP contribution < -0.4 is 0 Å². The van der Waals surface area contributed by atoms with Crippen molar-refractivity contribution >= 4 is 11.3 Å². The third-order valence-corrected chi connectivity index (χ3v) is 2.30. The average molecular weight is 176 g/mol. The fourth-order valence-corrected chi connectivity index (χ4v) is 1.60. The fourth-order valence-electron chi connectivity index (χ4n) is 1.04. The van der Waals surface area contributed by atoms with E-state index in [1.165, 1.54) is 5.56 Å². The summed E-state index contributed by atoms with van der Waals surface area (Å²) < 4.78 is 0. The van der Waals surface area contributed by atoms with Crippen LogP contribution in [-0.2, 0) is 6.42 Å². The Labute approximate surface area is 74.9 Å². The van der Waals surface area contributed by atoms with Gasteiger partial charge in [-0.25, -0.2) is 0 Å². The predicted octanol–water partition coefficient (Wildman–Crippen LogP) is 2.13. The predicted molar refractivity (Wildman–Crippen MR) is 49.2 cm³/mol. The molecule has 0 saturated carbocycles. The van der Waals surface area contributed by atoms with Crippen LogP contribution in [0.25, 0.3) is 0 Å². The van der Waals surface area contributed by atoms with Gasteiger partial charge in [0, 0.05) is 6.42 Å². The molecule has 0 unspecified atom stereocenters. The van der Waals surface area contributed by atoms with E-state index in [0.717, 1.165) is 11.4 Å². The van der Waals surface area contributed by atoms with E-state index in [2.05, 4.69) is 22.3 Å². The van der Waals surface area contributed by atoms with Gasteiger partial charge in [0.05, 0.1) is 0 Å². The molecule has 0 aliphatic heterocycles. The molecule has 3 heteroatoms. The molecule has 60 valence electrons. The summed E-state index contributed by atoms with van der Waals surface area (Å²) in [6.07, 6.45) is 0.894. The molecule has 0 aliphatic carbocycles. The second-order valence-corrected chi connectivity index (χ2v) is 3.41. The van der Waals surface area contributed by atoms with Crippen LogP contribution in [0.15, 0.2) is 35.8 Å². The molecule has 2 nitrogen and oxygen atoms in total. The first kappa shape index (κ1) is 7.43. The fraction of sp³-hybridized carbons (Fsp3) is 0.111. The SMILES string of the molecule is c1ccc(Cc2nncs2)cc1. The van der Waals surface area contributed by atoms with Crippen LogP contribution in [0.1, 0.15) is 10.6 Å². The largest absolute Gasteiger partial charge is 0.147 e. The van der Waals surface area contributed by atoms with E-state index >= 15 is 0 Å². The summed E-state index contributed by atoms with van der Waals surface area (Å²) in [6, 6.07) is 10.3. The molecule has 0 radical (unpaired) electrons. The molecular formula is C9H8N2S. The Bertz CT molecular complexity index is 329. The highest BCUT2D eigenvalue weighted by molar-refractivity contribution is 7.09. The normalized spacial score (nSPS) is 10.0. The molecule has 1 aromatic heterocycles. The summed E-state index contributed by atoms with van der Waals surface area (Å²) in [6.45, 7) is 0. The molecule has 0 amide bonds. The summed E-state index contributed by atoms with van der Waals surface area (Å²) in [5, 5.41) is 8.84. The van der Waals surface area contributed by atoms with Gasteiger partial charge < -0.3 is 0 Å². The van der Waals surface area contributed by atoms with Gasteiger partial charge in [0.1, 0.15) is 10.5 Å². The van der Waals surface area contributed by atoms with Crippen molar-refractivity contribution in [2.24, 2.45) is 0 Å². The molecule has 0 N–H and O–H groups in total. The van der Waals surface area contributed by atoms with E-state index in [1.807, 2.05) is 18.2 Å². The molecule has 1 aromatic carbocycles. The molecule has 1 heterocycles. The summed E-state index contributed by atoms with van der Waals surface area (Å²) in [7, 11) is 0. The molecule has 0 bridgehead atoms.